The molecule has 0 atom stereocenters. The van der Waals surface area contributed by atoms with Gasteiger partial charge >= 0.3 is 0 Å². The number of furan rings is 1. The quantitative estimate of drug-likeness (QED) is 0.841. The van der Waals surface area contributed by atoms with Crippen molar-refractivity contribution in [2.45, 2.75) is 12.3 Å². The molecule has 0 spiro atoms. The second-order valence-electron chi connectivity index (χ2n) is 3.19. The molecule has 74 valence electrons. The van der Waals surface area contributed by atoms with Gasteiger partial charge in [0.05, 0.1) is 6.26 Å². The van der Waals surface area contributed by atoms with E-state index >= 15 is 0 Å². The number of nitrogens with two attached hydrogens (primary N) is 1. The van der Waals surface area contributed by atoms with Gasteiger partial charge in [0, 0.05) is 28.8 Å². The Balaban J connectivity index is 2.57. The molecular weight excluding hydrogens is 194 g/mol. The van der Waals surface area contributed by atoms with Crippen molar-refractivity contribution in [2.24, 2.45) is 5.73 Å². The van der Waals surface area contributed by atoms with E-state index in [-0.39, 0.29) is 0 Å². The third-order valence-electron chi connectivity index (χ3n) is 2.28. The fourth-order valence-corrected chi connectivity index (χ4v) is 2.13. The molecule has 0 amide bonds. The van der Waals surface area contributed by atoms with Crippen LogP contribution in [0.5, 0.6) is 0 Å². The first kappa shape index (κ1) is 9.62. The number of hydrogen-bond acceptors (Lipinski definition) is 3. The SMILES string of the molecule is CSCc1coc2c(CN)cccc12. The highest BCUT2D eigenvalue weighted by atomic mass is 32.2. The molecule has 0 aliphatic heterocycles. The normalized spacial score (nSPS) is 11.0. The van der Waals surface area contributed by atoms with Gasteiger partial charge in [0.25, 0.3) is 0 Å². The van der Waals surface area contributed by atoms with Crippen molar-refractivity contribution in [2.75, 3.05) is 6.26 Å². The van der Waals surface area contributed by atoms with E-state index in [2.05, 4.69) is 12.3 Å². The summed E-state index contributed by atoms with van der Waals surface area (Å²) < 4.78 is 5.53. The number of fused-ring (bicyclic) bond motifs is 1. The largest absolute Gasteiger partial charge is 0.464 e. The minimum atomic E-state index is 0.531. The maximum atomic E-state index is 5.63. The highest BCUT2D eigenvalue weighted by molar-refractivity contribution is 7.97. The average molecular weight is 207 g/mol. The summed E-state index contributed by atoms with van der Waals surface area (Å²) in [6.45, 7) is 0.531. The number of para-hydroxylation sites is 1. The molecule has 14 heavy (non-hydrogen) atoms. The number of hydrogen-bond donors (Lipinski definition) is 1. The molecule has 0 unspecified atom stereocenters. The Morgan fingerprint density at radius 2 is 2.21 bits per heavy atom. The molecule has 2 rings (SSSR count). The molecule has 2 nitrogen and oxygen atoms in total. The first-order valence-electron chi connectivity index (χ1n) is 4.53. The lowest BCUT2D eigenvalue weighted by molar-refractivity contribution is 0.608. The summed E-state index contributed by atoms with van der Waals surface area (Å²) >= 11 is 1.80. The topological polar surface area (TPSA) is 39.2 Å². The summed E-state index contributed by atoms with van der Waals surface area (Å²) in [5.74, 6) is 0.987. The Labute approximate surface area is 87.5 Å². The minimum Gasteiger partial charge on any atom is -0.464 e. The first-order valence-corrected chi connectivity index (χ1v) is 5.93. The monoisotopic (exact) mass is 207 g/mol. The van der Waals surface area contributed by atoms with Crippen molar-refractivity contribution < 1.29 is 4.42 Å². The molecule has 2 aromatic rings. The molecule has 0 fully saturated rings. The molecule has 1 aromatic carbocycles. The van der Waals surface area contributed by atoms with E-state index < -0.39 is 0 Å². The van der Waals surface area contributed by atoms with E-state index in [4.69, 9.17) is 10.2 Å². The summed E-state index contributed by atoms with van der Waals surface area (Å²) in [6, 6.07) is 6.13. The first-order chi connectivity index (χ1) is 6.86. The van der Waals surface area contributed by atoms with E-state index in [0.29, 0.717) is 6.54 Å². The van der Waals surface area contributed by atoms with E-state index in [1.165, 1.54) is 10.9 Å². The van der Waals surface area contributed by atoms with Gasteiger partial charge in [-0.15, -0.1) is 0 Å². The lowest BCUT2D eigenvalue weighted by Gasteiger charge is -1.98. The lowest BCUT2D eigenvalue weighted by Crippen LogP contribution is -1.95. The zero-order chi connectivity index (χ0) is 9.97. The zero-order valence-electron chi connectivity index (χ0n) is 8.12. The van der Waals surface area contributed by atoms with Gasteiger partial charge in [-0.05, 0) is 6.26 Å². The molecule has 0 radical (unpaired) electrons. The summed E-state index contributed by atoms with van der Waals surface area (Å²) in [4.78, 5) is 0. The van der Waals surface area contributed by atoms with Crippen molar-refractivity contribution in [3.05, 3.63) is 35.6 Å². The van der Waals surface area contributed by atoms with Gasteiger partial charge in [-0.25, -0.2) is 0 Å². The maximum Gasteiger partial charge on any atom is 0.138 e. The van der Waals surface area contributed by atoms with Gasteiger partial charge in [-0.2, -0.15) is 11.8 Å². The summed E-state index contributed by atoms with van der Waals surface area (Å²) in [5, 5.41) is 1.20. The summed E-state index contributed by atoms with van der Waals surface area (Å²) in [6.07, 6.45) is 3.92. The Bertz CT molecular complexity index is 436. The predicted octanol–water partition coefficient (Wildman–Crippen LogP) is 2.75. The number of rotatable bonds is 3. The number of thioether (sulfide) groups is 1. The van der Waals surface area contributed by atoms with Gasteiger partial charge in [-0.3, -0.25) is 0 Å². The molecule has 3 heteroatoms. The minimum absolute atomic E-state index is 0.531. The van der Waals surface area contributed by atoms with Crippen molar-refractivity contribution in [3.63, 3.8) is 0 Å². The summed E-state index contributed by atoms with van der Waals surface area (Å²) in [7, 11) is 0. The van der Waals surface area contributed by atoms with Crippen LogP contribution in [-0.2, 0) is 12.3 Å². The van der Waals surface area contributed by atoms with Gasteiger partial charge in [0.15, 0.2) is 0 Å². The lowest BCUT2D eigenvalue weighted by atomic mass is 10.1. The van der Waals surface area contributed by atoms with Crippen LogP contribution in [0.25, 0.3) is 11.0 Å². The second kappa shape index (κ2) is 4.07. The maximum absolute atomic E-state index is 5.63. The highest BCUT2D eigenvalue weighted by Crippen LogP contribution is 2.26. The Morgan fingerprint density at radius 3 is 2.93 bits per heavy atom. The van der Waals surface area contributed by atoms with Gasteiger partial charge < -0.3 is 10.2 Å². The molecule has 2 N–H and O–H groups in total. The standard InChI is InChI=1S/C11H13NOS/c1-14-7-9-6-13-11-8(5-12)3-2-4-10(9)11/h2-4,6H,5,7,12H2,1H3. The fourth-order valence-electron chi connectivity index (χ4n) is 1.60. The average Bonchev–Trinajstić information content (AvgIpc) is 2.62. The smallest absolute Gasteiger partial charge is 0.138 e. The van der Waals surface area contributed by atoms with Crippen molar-refractivity contribution in [1.29, 1.82) is 0 Å². The van der Waals surface area contributed by atoms with Crippen LogP contribution in [0.3, 0.4) is 0 Å². The Kier molecular flexibility index (Phi) is 2.79. The number of benzene rings is 1. The zero-order valence-corrected chi connectivity index (χ0v) is 8.93. The van der Waals surface area contributed by atoms with Crippen LogP contribution in [0, 0.1) is 0 Å². The van der Waals surface area contributed by atoms with Gasteiger partial charge in [0.2, 0.25) is 0 Å². The molecule has 1 heterocycles. The highest BCUT2D eigenvalue weighted by Gasteiger charge is 2.07. The molecule has 0 saturated heterocycles. The van der Waals surface area contributed by atoms with Crippen LogP contribution >= 0.6 is 11.8 Å². The molecule has 1 aromatic heterocycles. The third kappa shape index (κ3) is 1.53. The van der Waals surface area contributed by atoms with E-state index in [0.717, 1.165) is 16.9 Å². The Morgan fingerprint density at radius 1 is 1.36 bits per heavy atom. The van der Waals surface area contributed by atoms with Crippen LogP contribution < -0.4 is 5.73 Å². The van der Waals surface area contributed by atoms with Crippen LogP contribution in [-0.4, -0.2) is 6.26 Å². The predicted molar refractivity (Wildman–Crippen MR) is 61.3 cm³/mol. The van der Waals surface area contributed by atoms with Crippen LogP contribution in [0.2, 0.25) is 0 Å². The molecule has 0 aliphatic rings. The van der Waals surface area contributed by atoms with Gasteiger partial charge in [-0.1, -0.05) is 18.2 Å². The Hall–Kier alpha value is -0.930. The van der Waals surface area contributed by atoms with E-state index in [1.807, 2.05) is 18.4 Å². The van der Waals surface area contributed by atoms with Crippen molar-refractivity contribution in [1.82, 2.24) is 0 Å². The van der Waals surface area contributed by atoms with Crippen LogP contribution in [0.4, 0.5) is 0 Å². The third-order valence-corrected chi connectivity index (χ3v) is 2.88. The molecular formula is C11H13NOS. The molecule has 0 aliphatic carbocycles. The van der Waals surface area contributed by atoms with Crippen molar-refractivity contribution >= 4 is 22.7 Å². The molecule has 0 bridgehead atoms. The van der Waals surface area contributed by atoms with Crippen molar-refractivity contribution in [3.8, 4) is 0 Å². The van der Waals surface area contributed by atoms with E-state index in [1.54, 1.807) is 11.8 Å². The van der Waals surface area contributed by atoms with Gasteiger partial charge in [0.1, 0.15) is 5.58 Å². The van der Waals surface area contributed by atoms with Crippen LogP contribution in [0.1, 0.15) is 11.1 Å². The fraction of sp³-hybridized carbons (Fsp3) is 0.273. The molecule has 0 saturated carbocycles. The van der Waals surface area contributed by atoms with E-state index in [9.17, 15) is 0 Å². The summed E-state index contributed by atoms with van der Waals surface area (Å²) in [5.41, 5.74) is 8.91. The second-order valence-corrected chi connectivity index (χ2v) is 4.06. The van der Waals surface area contributed by atoms with Crippen LogP contribution in [0.15, 0.2) is 28.9 Å².